The third kappa shape index (κ3) is 5.07. The Balaban J connectivity index is 2.56. The number of hydrogen-bond acceptors (Lipinski definition) is 3. The van der Waals surface area contributed by atoms with E-state index in [1.54, 1.807) is 0 Å². The highest BCUT2D eigenvalue weighted by Gasteiger charge is 2.05. The summed E-state index contributed by atoms with van der Waals surface area (Å²) in [7, 11) is 4.10. The zero-order valence-corrected chi connectivity index (χ0v) is 11.9. The van der Waals surface area contributed by atoms with Crippen molar-refractivity contribution in [1.82, 2.24) is 4.90 Å². The van der Waals surface area contributed by atoms with Crippen LogP contribution < -0.4 is 4.90 Å². The van der Waals surface area contributed by atoms with Crippen molar-refractivity contribution < 1.29 is 5.11 Å². The lowest BCUT2D eigenvalue weighted by molar-refractivity contribution is 0.188. The second-order valence-corrected chi connectivity index (χ2v) is 4.91. The summed E-state index contributed by atoms with van der Waals surface area (Å²) in [6.07, 6.45) is 2.39. The highest BCUT2D eigenvalue weighted by Crippen LogP contribution is 2.13. The third-order valence-electron chi connectivity index (χ3n) is 3.10. The normalized spacial score (nSPS) is 10.9. The molecule has 3 heteroatoms. The number of hydrogen-bond donors (Lipinski definition) is 1. The van der Waals surface area contributed by atoms with E-state index in [1.807, 2.05) is 14.1 Å². The van der Waals surface area contributed by atoms with Gasteiger partial charge >= 0.3 is 0 Å². The van der Waals surface area contributed by atoms with Gasteiger partial charge in [-0.2, -0.15) is 0 Å². The quantitative estimate of drug-likeness (QED) is 0.767. The lowest BCUT2D eigenvalue weighted by Gasteiger charge is -2.21. The molecule has 0 saturated heterocycles. The average molecular weight is 250 g/mol. The van der Waals surface area contributed by atoms with E-state index in [0.717, 1.165) is 19.6 Å². The highest BCUT2D eigenvalue weighted by molar-refractivity contribution is 5.45. The molecule has 1 N–H and O–H groups in total. The van der Waals surface area contributed by atoms with Gasteiger partial charge in [0, 0.05) is 32.9 Å². The monoisotopic (exact) mass is 250 g/mol. The molecular formula is C15H26N2O. The Hall–Kier alpha value is -1.06. The predicted molar refractivity (Wildman–Crippen MR) is 78.0 cm³/mol. The van der Waals surface area contributed by atoms with Gasteiger partial charge < -0.3 is 10.0 Å². The minimum atomic E-state index is 0.236. The molecule has 0 aliphatic carbocycles. The maximum absolute atomic E-state index is 9.08. The number of anilines is 1. The van der Waals surface area contributed by atoms with Crippen LogP contribution in [0.3, 0.4) is 0 Å². The molecule has 1 aromatic rings. The average Bonchev–Trinajstić information content (AvgIpc) is 2.37. The molecule has 102 valence electrons. The first-order valence-electron chi connectivity index (χ1n) is 6.76. The molecule has 0 aliphatic rings. The van der Waals surface area contributed by atoms with Crippen LogP contribution in [0.5, 0.6) is 0 Å². The molecule has 1 aromatic carbocycles. The summed E-state index contributed by atoms with van der Waals surface area (Å²) in [6, 6.07) is 8.63. The molecule has 0 spiro atoms. The third-order valence-corrected chi connectivity index (χ3v) is 3.10. The molecule has 1 rings (SSSR count). The maximum atomic E-state index is 9.08. The maximum Gasteiger partial charge on any atom is 0.0558 e. The van der Waals surface area contributed by atoms with Crippen LogP contribution in [0, 0.1) is 0 Å². The number of nitrogens with zero attached hydrogens (tertiary/aromatic N) is 2. The van der Waals surface area contributed by atoms with Crippen molar-refractivity contribution in [1.29, 1.82) is 0 Å². The van der Waals surface area contributed by atoms with Gasteiger partial charge in [0.15, 0.2) is 0 Å². The van der Waals surface area contributed by atoms with E-state index < -0.39 is 0 Å². The van der Waals surface area contributed by atoms with E-state index in [-0.39, 0.29) is 6.61 Å². The first-order valence-corrected chi connectivity index (χ1v) is 6.76. The highest BCUT2D eigenvalue weighted by atomic mass is 16.3. The minimum Gasteiger partial charge on any atom is -0.395 e. The van der Waals surface area contributed by atoms with E-state index in [2.05, 4.69) is 41.0 Å². The number of aliphatic hydroxyl groups is 1. The summed E-state index contributed by atoms with van der Waals surface area (Å²) in [5.41, 5.74) is 2.53. The Bertz CT molecular complexity index is 322. The summed E-state index contributed by atoms with van der Waals surface area (Å²) >= 11 is 0. The standard InChI is InChI=1S/C15H26N2O/c1-4-5-10-17(11-12-18)13-14-6-8-15(9-7-14)16(2)3/h6-9,18H,4-5,10-13H2,1-3H3. The zero-order valence-electron chi connectivity index (χ0n) is 11.9. The Morgan fingerprint density at radius 3 is 2.22 bits per heavy atom. The van der Waals surface area contributed by atoms with Gasteiger partial charge in [-0.05, 0) is 30.7 Å². The summed E-state index contributed by atoms with van der Waals surface area (Å²) in [6.45, 7) is 5.18. The van der Waals surface area contributed by atoms with Crippen LogP contribution >= 0.6 is 0 Å². The molecule has 0 bridgehead atoms. The number of unbranched alkanes of at least 4 members (excludes halogenated alkanes) is 1. The van der Waals surface area contributed by atoms with Crippen molar-refractivity contribution in [3.63, 3.8) is 0 Å². The number of rotatable bonds is 8. The first kappa shape index (κ1) is 15.0. The molecule has 0 heterocycles. The largest absolute Gasteiger partial charge is 0.395 e. The van der Waals surface area contributed by atoms with Crippen molar-refractivity contribution in [3.05, 3.63) is 29.8 Å². The Kier molecular flexibility index (Phi) is 6.76. The molecule has 3 nitrogen and oxygen atoms in total. The van der Waals surface area contributed by atoms with Crippen molar-refractivity contribution in [2.75, 3.05) is 38.7 Å². The predicted octanol–water partition coefficient (Wildman–Crippen LogP) is 2.35. The van der Waals surface area contributed by atoms with Crippen molar-refractivity contribution in [3.8, 4) is 0 Å². The Morgan fingerprint density at radius 2 is 1.72 bits per heavy atom. The smallest absolute Gasteiger partial charge is 0.0558 e. The SMILES string of the molecule is CCCCN(CCO)Cc1ccc(N(C)C)cc1. The Morgan fingerprint density at radius 1 is 1.06 bits per heavy atom. The fourth-order valence-electron chi connectivity index (χ4n) is 1.95. The zero-order chi connectivity index (χ0) is 13.4. The van der Waals surface area contributed by atoms with Crippen LogP contribution in [0.25, 0.3) is 0 Å². The lowest BCUT2D eigenvalue weighted by atomic mass is 10.2. The number of aliphatic hydroxyl groups excluding tert-OH is 1. The molecule has 0 fully saturated rings. The van der Waals surface area contributed by atoms with Gasteiger partial charge in [0.2, 0.25) is 0 Å². The van der Waals surface area contributed by atoms with Crippen LogP contribution in [-0.4, -0.2) is 43.8 Å². The van der Waals surface area contributed by atoms with E-state index in [1.165, 1.54) is 24.1 Å². The lowest BCUT2D eigenvalue weighted by Crippen LogP contribution is -2.27. The fraction of sp³-hybridized carbons (Fsp3) is 0.600. The molecule has 18 heavy (non-hydrogen) atoms. The van der Waals surface area contributed by atoms with Crippen molar-refractivity contribution >= 4 is 5.69 Å². The van der Waals surface area contributed by atoms with Crippen LogP contribution in [-0.2, 0) is 6.54 Å². The molecule has 0 aliphatic heterocycles. The van der Waals surface area contributed by atoms with E-state index >= 15 is 0 Å². The van der Waals surface area contributed by atoms with Gasteiger partial charge in [0.1, 0.15) is 0 Å². The topological polar surface area (TPSA) is 26.7 Å². The van der Waals surface area contributed by atoms with Gasteiger partial charge in [0.05, 0.1) is 6.61 Å². The molecular weight excluding hydrogens is 224 g/mol. The molecule has 0 amide bonds. The van der Waals surface area contributed by atoms with Crippen LogP contribution in [0.1, 0.15) is 25.3 Å². The molecule has 0 unspecified atom stereocenters. The van der Waals surface area contributed by atoms with E-state index in [4.69, 9.17) is 5.11 Å². The van der Waals surface area contributed by atoms with Gasteiger partial charge in [-0.1, -0.05) is 25.5 Å². The minimum absolute atomic E-state index is 0.236. The molecule has 0 aromatic heterocycles. The molecule has 0 radical (unpaired) electrons. The van der Waals surface area contributed by atoms with Crippen molar-refractivity contribution in [2.45, 2.75) is 26.3 Å². The van der Waals surface area contributed by atoms with Crippen LogP contribution in [0.15, 0.2) is 24.3 Å². The first-order chi connectivity index (χ1) is 8.67. The fourth-order valence-corrected chi connectivity index (χ4v) is 1.95. The second kappa shape index (κ2) is 8.11. The van der Waals surface area contributed by atoms with E-state index in [9.17, 15) is 0 Å². The van der Waals surface area contributed by atoms with Gasteiger partial charge in [-0.25, -0.2) is 0 Å². The van der Waals surface area contributed by atoms with E-state index in [0.29, 0.717) is 0 Å². The van der Waals surface area contributed by atoms with Gasteiger partial charge in [0.25, 0.3) is 0 Å². The van der Waals surface area contributed by atoms with Gasteiger partial charge in [-0.3, -0.25) is 4.90 Å². The summed E-state index contributed by atoms with van der Waals surface area (Å²) in [5.74, 6) is 0. The summed E-state index contributed by atoms with van der Waals surface area (Å²) in [4.78, 5) is 4.42. The van der Waals surface area contributed by atoms with Crippen LogP contribution in [0.2, 0.25) is 0 Å². The number of benzene rings is 1. The summed E-state index contributed by atoms with van der Waals surface area (Å²) in [5, 5.41) is 9.08. The van der Waals surface area contributed by atoms with Gasteiger partial charge in [-0.15, -0.1) is 0 Å². The second-order valence-electron chi connectivity index (χ2n) is 4.91. The Labute approximate surface area is 111 Å². The van der Waals surface area contributed by atoms with Crippen molar-refractivity contribution in [2.24, 2.45) is 0 Å². The molecule has 0 saturated carbocycles. The molecule has 0 atom stereocenters. The van der Waals surface area contributed by atoms with Crippen LogP contribution in [0.4, 0.5) is 5.69 Å². The summed E-state index contributed by atoms with van der Waals surface area (Å²) < 4.78 is 0.